The molecule has 0 aliphatic rings. The van der Waals surface area contributed by atoms with Gasteiger partial charge >= 0.3 is 0 Å². The van der Waals surface area contributed by atoms with Crippen LogP contribution in [0.4, 0.5) is 5.69 Å². The maximum absolute atomic E-state index is 11.8. The number of rotatable bonds is 2. The van der Waals surface area contributed by atoms with E-state index < -0.39 is 0 Å². The van der Waals surface area contributed by atoms with Crippen LogP contribution in [0, 0.1) is 6.92 Å². The van der Waals surface area contributed by atoms with Crippen LogP contribution in [0.2, 0.25) is 5.02 Å². The van der Waals surface area contributed by atoms with E-state index in [2.05, 4.69) is 26.4 Å². The Morgan fingerprint density at radius 1 is 1.47 bits per heavy atom. The molecule has 1 aromatic carbocycles. The fourth-order valence-electron chi connectivity index (χ4n) is 1.25. The van der Waals surface area contributed by atoms with Gasteiger partial charge in [-0.3, -0.25) is 4.79 Å². The predicted octanol–water partition coefficient (Wildman–Crippen LogP) is 3.65. The number of nitrogens with one attached hydrogen (secondary N) is 1. The van der Waals surface area contributed by atoms with Crippen molar-refractivity contribution in [3.8, 4) is 0 Å². The van der Waals surface area contributed by atoms with E-state index in [1.165, 1.54) is 0 Å². The molecule has 1 amide bonds. The Hall–Kier alpha value is -1.33. The topological polar surface area (TPSA) is 55.1 Å². The van der Waals surface area contributed by atoms with Gasteiger partial charge in [0.2, 0.25) is 0 Å². The lowest BCUT2D eigenvalue weighted by Crippen LogP contribution is -2.12. The van der Waals surface area contributed by atoms with E-state index in [0.717, 1.165) is 4.47 Å². The van der Waals surface area contributed by atoms with E-state index in [-0.39, 0.29) is 11.6 Å². The maximum atomic E-state index is 11.8. The highest BCUT2D eigenvalue weighted by Crippen LogP contribution is 2.26. The van der Waals surface area contributed by atoms with Crippen LogP contribution in [0.5, 0.6) is 0 Å². The first kappa shape index (κ1) is 12.1. The Bertz CT molecular complexity index is 568. The van der Waals surface area contributed by atoms with Crippen LogP contribution in [0.1, 0.15) is 16.2 Å². The molecule has 2 aromatic rings. The number of hydrogen-bond donors (Lipinski definition) is 1. The summed E-state index contributed by atoms with van der Waals surface area (Å²) in [5.41, 5.74) is 0.741. The zero-order valence-corrected chi connectivity index (χ0v) is 11.2. The van der Waals surface area contributed by atoms with Crippen molar-refractivity contribution in [1.29, 1.82) is 0 Å². The molecule has 0 fully saturated rings. The van der Waals surface area contributed by atoms with Gasteiger partial charge in [0.05, 0.1) is 10.7 Å². The number of anilines is 1. The van der Waals surface area contributed by atoms with Crippen molar-refractivity contribution in [2.24, 2.45) is 0 Å². The number of hydrogen-bond acceptors (Lipinski definition) is 3. The van der Waals surface area contributed by atoms with E-state index in [0.29, 0.717) is 16.5 Å². The predicted molar refractivity (Wildman–Crippen MR) is 68.3 cm³/mol. The summed E-state index contributed by atoms with van der Waals surface area (Å²) in [5.74, 6) is 0.220. The normalized spacial score (nSPS) is 10.3. The second kappa shape index (κ2) is 4.89. The summed E-state index contributed by atoms with van der Waals surface area (Å²) in [5, 5.41) is 6.74. The minimum atomic E-state index is -0.359. The van der Waals surface area contributed by atoms with Crippen molar-refractivity contribution >= 4 is 39.1 Å². The van der Waals surface area contributed by atoms with Gasteiger partial charge in [0.25, 0.3) is 5.91 Å². The minimum absolute atomic E-state index is 0.221. The molecular formula is C11H8BrClN2O2. The molecule has 17 heavy (non-hydrogen) atoms. The molecule has 1 aromatic heterocycles. The SMILES string of the molecule is Cc1cc(C(=O)Nc2cc(Br)ccc2Cl)no1. The molecule has 0 saturated carbocycles. The van der Waals surface area contributed by atoms with E-state index in [1.54, 1.807) is 31.2 Å². The standard InChI is InChI=1S/C11H8BrClN2O2/c1-6-4-10(15-17-6)11(16)14-9-5-7(12)2-3-8(9)13/h2-5H,1H3,(H,14,16). The van der Waals surface area contributed by atoms with Gasteiger partial charge in [0, 0.05) is 10.5 Å². The van der Waals surface area contributed by atoms with Gasteiger partial charge in [0.15, 0.2) is 5.69 Å². The zero-order chi connectivity index (χ0) is 12.4. The average molecular weight is 316 g/mol. The van der Waals surface area contributed by atoms with Gasteiger partial charge in [-0.2, -0.15) is 0 Å². The lowest BCUT2D eigenvalue weighted by molar-refractivity contribution is 0.101. The highest BCUT2D eigenvalue weighted by Gasteiger charge is 2.12. The number of aromatic nitrogens is 1. The van der Waals surface area contributed by atoms with Crippen LogP contribution in [0.25, 0.3) is 0 Å². The summed E-state index contributed by atoms with van der Waals surface area (Å²) in [6.45, 7) is 1.72. The van der Waals surface area contributed by atoms with Gasteiger partial charge in [-0.15, -0.1) is 0 Å². The third-order valence-electron chi connectivity index (χ3n) is 2.04. The molecule has 0 unspecified atom stereocenters. The molecule has 88 valence electrons. The molecular weight excluding hydrogens is 307 g/mol. The first-order valence-corrected chi connectivity index (χ1v) is 5.93. The number of aryl methyl sites for hydroxylation is 1. The third-order valence-corrected chi connectivity index (χ3v) is 2.86. The third kappa shape index (κ3) is 2.87. The molecule has 1 N–H and O–H groups in total. The summed E-state index contributed by atoms with van der Waals surface area (Å²) in [6.07, 6.45) is 0. The zero-order valence-electron chi connectivity index (χ0n) is 8.83. The fraction of sp³-hybridized carbons (Fsp3) is 0.0909. The van der Waals surface area contributed by atoms with Crippen LogP contribution in [0.15, 0.2) is 33.3 Å². The summed E-state index contributed by atoms with van der Waals surface area (Å²) in [7, 11) is 0. The molecule has 0 saturated heterocycles. The molecule has 1 heterocycles. The van der Waals surface area contributed by atoms with Crippen molar-refractivity contribution in [2.45, 2.75) is 6.92 Å². The van der Waals surface area contributed by atoms with Crippen LogP contribution < -0.4 is 5.32 Å². The van der Waals surface area contributed by atoms with Gasteiger partial charge < -0.3 is 9.84 Å². The number of benzene rings is 1. The fourth-order valence-corrected chi connectivity index (χ4v) is 1.78. The highest BCUT2D eigenvalue weighted by molar-refractivity contribution is 9.10. The van der Waals surface area contributed by atoms with Crippen LogP contribution in [-0.4, -0.2) is 11.1 Å². The van der Waals surface area contributed by atoms with Crippen molar-refractivity contribution in [3.63, 3.8) is 0 Å². The first-order valence-electron chi connectivity index (χ1n) is 4.76. The second-order valence-electron chi connectivity index (χ2n) is 3.40. The van der Waals surface area contributed by atoms with Crippen LogP contribution in [0.3, 0.4) is 0 Å². The van der Waals surface area contributed by atoms with Crippen LogP contribution in [-0.2, 0) is 0 Å². The Kier molecular flexibility index (Phi) is 3.49. The molecule has 2 rings (SSSR count). The number of carbonyl (C=O) groups excluding carboxylic acids is 1. The van der Waals surface area contributed by atoms with Crippen LogP contribution >= 0.6 is 27.5 Å². The number of amides is 1. The largest absolute Gasteiger partial charge is 0.361 e. The number of nitrogens with zero attached hydrogens (tertiary/aromatic N) is 1. The Labute approximate surface area is 111 Å². The maximum Gasteiger partial charge on any atom is 0.277 e. The van der Waals surface area contributed by atoms with Gasteiger partial charge in [-0.1, -0.05) is 32.7 Å². The molecule has 0 radical (unpaired) electrons. The van der Waals surface area contributed by atoms with Gasteiger partial charge in [0.1, 0.15) is 5.76 Å². The molecule has 0 bridgehead atoms. The Morgan fingerprint density at radius 3 is 2.88 bits per heavy atom. The summed E-state index contributed by atoms with van der Waals surface area (Å²) >= 11 is 9.26. The minimum Gasteiger partial charge on any atom is -0.361 e. The molecule has 6 heteroatoms. The quantitative estimate of drug-likeness (QED) is 0.920. The van der Waals surface area contributed by atoms with E-state index in [1.807, 2.05) is 0 Å². The Balaban J connectivity index is 2.21. The van der Waals surface area contributed by atoms with E-state index in [9.17, 15) is 4.79 Å². The first-order chi connectivity index (χ1) is 8.06. The van der Waals surface area contributed by atoms with Crippen molar-refractivity contribution in [2.75, 3.05) is 5.32 Å². The molecule has 4 nitrogen and oxygen atoms in total. The summed E-state index contributed by atoms with van der Waals surface area (Å²) in [6, 6.07) is 6.75. The van der Waals surface area contributed by atoms with E-state index in [4.69, 9.17) is 16.1 Å². The molecule has 0 spiro atoms. The second-order valence-corrected chi connectivity index (χ2v) is 4.72. The lowest BCUT2D eigenvalue weighted by Gasteiger charge is -2.05. The van der Waals surface area contributed by atoms with Gasteiger partial charge in [-0.05, 0) is 25.1 Å². The average Bonchev–Trinajstić information content (AvgIpc) is 2.70. The van der Waals surface area contributed by atoms with Crippen molar-refractivity contribution in [1.82, 2.24) is 5.16 Å². The highest BCUT2D eigenvalue weighted by atomic mass is 79.9. The number of halogens is 2. The monoisotopic (exact) mass is 314 g/mol. The molecule has 0 aliphatic carbocycles. The lowest BCUT2D eigenvalue weighted by atomic mass is 10.3. The number of carbonyl (C=O) groups is 1. The summed E-state index contributed by atoms with van der Waals surface area (Å²) in [4.78, 5) is 11.8. The summed E-state index contributed by atoms with van der Waals surface area (Å²) < 4.78 is 5.65. The molecule has 0 atom stereocenters. The molecule has 0 aliphatic heterocycles. The van der Waals surface area contributed by atoms with Crippen molar-refractivity contribution < 1.29 is 9.32 Å². The van der Waals surface area contributed by atoms with Crippen molar-refractivity contribution in [3.05, 3.63) is 45.2 Å². The smallest absolute Gasteiger partial charge is 0.277 e. The Morgan fingerprint density at radius 2 is 2.24 bits per heavy atom. The van der Waals surface area contributed by atoms with E-state index >= 15 is 0 Å². The van der Waals surface area contributed by atoms with Gasteiger partial charge in [-0.25, -0.2) is 0 Å².